The molecule has 1 heterocycles. The molecule has 0 fully saturated rings. The molecule has 1 aromatic rings. The number of carboxylic acids is 1. The standard InChI is InChI=1S/C15H19NO4/c1-9(2)16(10(3)17)14(15(18)19)12-4-5-13-11(8-12)6-7-20-13/h4-5,8-9,14H,6-7H2,1-3H3,(H,18,19). The molecule has 0 aliphatic carbocycles. The lowest BCUT2D eigenvalue weighted by molar-refractivity contribution is -0.151. The fourth-order valence-electron chi connectivity index (χ4n) is 2.64. The largest absolute Gasteiger partial charge is 0.493 e. The van der Waals surface area contributed by atoms with E-state index in [1.54, 1.807) is 12.1 Å². The van der Waals surface area contributed by atoms with E-state index in [4.69, 9.17) is 4.74 Å². The van der Waals surface area contributed by atoms with Gasteiger partial charge < -0.3 is 14.7 Å². The van der Waals surface area contributed by atoms with Crippen LogP contribution in [-0.2, 0) is 16.0 Å². The summed E-state index contributed by atoms with van der Waals surface area (Å²) in [6.07, 6.45) is 0.775. The van der Waals surface area contributed by atoms with Crippen LogP contribution in [0.3, 0.4) is 0 Å². The zero-order valence-electron chi connectivity index (χ0n) is 11.9. The lowest BCUT2D eigenvalue weighted by Crippen LogP contribution is -2.42. The van der Waals surface area contributed by atoms with Gasteiger partial charge >= 0.3 is 5.97 Å². The zero-order valence-corrected chi connectivity index (χ0v) is 11.9. The second-order valence-electron chi connectivity index (χ2n) is 5.23. The number of fused-ring (bicyclic) bond motifs is 1. The van der Waals surface area contributed by atoms with Crippen LogP contribution in [0.2, 0.25) is 0 Å². The molecule has 0 aromatic heterocycles. The Bertz CT molecular complexity index is 539. The molecular formula is C15H19NO4. The maximum atomic E-state index is 11.8. The molecule has 0 bridgehead atoms. The number of carbonyl (C=O) groups is 2. The molecule has 5 heteroatoms. The van der Waals surface area contributed by atoms with Crippen molar-refractivity contribution in [3.8, 4) is 5.75 Å². The Kier molecular flexibility index (Phi) is 3.97. The van der Waals surface area contributed by atoms with Gasteiger partial charge in [-0.1, -0.05) is 6.07 Å². The van der Waals surface area contributed by atoms with Crippen molar-refractivity contribution in [3.05, 3.63) is 29.3 Å². The molecule has 0 radical (unpaired) electrons. The van der Waals surface area contributed by atoms with Crippen molar-refractivity contribution in [2.45, 2.75) is 39.3 Å². The second kappa shape index (κ2) is 5.53. The van der Waals surface area contributed by atoms with E-state index in [1.807, 2.05) is 19.9 Å². The van der Waals surface area contributed by atoms with Gasteiger partial charge in [-0.05, 0) is 37.1 Å². The van der Waals surface area contributed by atoms with Gasteiger partial charge in [0.1, 0.15) is 5.75 Å². The molecule has 2 rings (SSSR count). The van der Waals surface area contributed by atoms with Crippen molar-refractivity contribution in [2.75, 3.05) is 6.61 Å². The van der Waals surface area contributed by atoms with E-state index in [0.717, 1.165) is 17.7 Å². The second-order valence-corrected chi connectivity index (χ2v) is 5.23. The van der Waals surface area contributed by atoms with Gasteiger partial charge in [0.25, 0.3) is 0 Å². The van der Waals surface area contributed by atoms with Gasteiger partial charge in [0.2, 0.25) is 5.91 Å². The molecule has 1 atom stereocenters. The monoisotopic (exact) mass is 277 g/mol. The minimum atomic E-state index is -1.02. The average Bonchev–Trinajstić information content (AvgIpc) is 2.81. The Morgan fingerprint density at radius 3 is 2.60 bits per heavy atom. The van der Waals surface area contributed by atoms with Crippen LogP contribution in [0.15, 0.2) is 18.2 Å². The van der Waals surface area contributed by atoms with Gasteiger partial charge in [0.15, 0.2) is 6.04 Å². The van der Waals surface area contributed by atoms with Crippen LogP contribution in [-0.4, -0.2) is 34.5 Å². The highest BCUT2D eigenvalue weighted by molar-refractivity contribution is 5.83. The van der Waals surface area contributed by atoms with Crippen molar-refractivity contribution in [2.24, 2.45) is 0 Å². The Hall–Kier alpha value is -2.04. The highest BCUT2D eigenvalue weighted by Gasteiger charge is 2.32. The minimum Gasteiger partial charge on any atom is -0.493 e. The topological polar surface area (TPSA) is 66.8 Å². The number of amides is 1. The first-order valence-corrected chi connectivity index (χ1v) is 6.69. The summed E-state index contributed by atoms with van der Waals surface area (Å²) in [6, 6.07) is 4.20. The van der Waals surface area contributed by atoms with Crippen molar-refractivity contribution in [3.63, 3.8) is 0 Å². The molecule has 0 spiro atoms. The number of rotatable bonds is 4. The van der Waals surface area contributed by atoms with E-state index in [-0.39, 0.29) is 11.9 Å². The van der Waals surface area contributed by atoms with Crippen molar-refractivity contribution in [1.29, 1.82) is 0 Å². The number of carboxylic acid groups (broad SMARTS) is 1. The van der Waals surface area contributed by atoms with Crippen molar-refractivity contribution < 1.29 is 19.4 Å². The smallest absolute Gasteiger partial charge is 0.331 e. The van der Waals surface area contributed by atoms with Crippen LogP contribution < -0.4 is 4.74 Å². The number of carbonyl (C=O) groups excluding carboxylic acids is 1. The van der Waals surface area contributed by atoms with E-state index in [0.29, 0.717) is 12.2 Å². The highest BCUT2D eigenvalue weighted by Crippen LogP contribution is 2.31. The summed E-state index contributed by atoms with van der Waals surface area (Å²) < 4.78 is 5.42. The number of aliphatic carboxylic acids is 1. The van der Waals surface area contributed by atoms with Crippen LogP contribution in [0.25, 0.3) is 0 Å². The molecule has 108 valence electrons. The third kappa shape index (κ3) is 2.61. The molecular weight excluding hydrogens is 258 g/mol. The maximum Gasteiger partial charge on any atom is 0.331 e. The number of nitrogens with zero attached hydrogens (tertiary/aromatic N) is 1. The molecule has 1 aliphatic heterocycles. The molecule has 1 aliphatic rings. The lowest BCUT2D eigenvalue weighted by Gasteiger charge is -2.32. The molecule has 1 unspecified atom stereocenters. The van der Waals surface area contributed by atoms with Gasteiger partial charge in [-0.3, -0.25) is 4.79 Å². The summed E-state index contributed by atoms with van der Waals surface area (Å²) in [6.45, 7) is 5.64. The molecule has 1 N–H and O–H groups in total. The van der Waals surface area contributed by atoms with Crippen LogP contribution in [0, 0.1) is 0 Å². The first-order chi connectivity index (χ1) is 9.41. The van der Waals surface area contributed by atoms with E-state index in [2.05, 4.69) is 0 Å². The van der Waals surface area contributed by atoms with Crippen molar-refractivity contribution >= 4 is 11.9 Å². The van der Waals surface area contributed by atoms with E-state index >= 15 is 0 Å². The van der Waals surface area contributed by atoms with Gasteiger partial charge in [0.05, 0.1) is 6.61 Å². The number of hydrogen-bond acceptors (Lipinski definition) is 3. The minimum absolute atomic E-state index is 0.182. The summed E-state index contributed by atoms with van der Waals surface area (Å²) in [5.74, 6) is -0.464. The molecule has 0 saturated heterocycles. The van der Waals surface area contributed by atoms with Gasteiger partial charge in [-0.2, -0.15) is 0 Å². The molecule has 0 saturated carbocycles. The Balaban J connectivity index is 2.43. The summed E-state index contributed by atoms with van der Waals surface area (Å²) in [7, 11) is 0. The summed E-state index contributed by atoms with van der Waals surface area (Å²) in [5.41, 5.74) is 1.62. The zero-order chi connectivity index (χ0) is 14.9. The first-order valence-electron chi connectivity index (χ1n) is 6.69. The molecule has 5 nitrogen and oxygen atoms in total. The predicted octanol–water partition coefficient (Wildman–Crippen LogP) is 2.00. The Labute approximate surface area is 118 Å². The first kappa shape index (κ1) is 14.4. The van der Waals surface area contributed by atoms with Crippen LogP contribution in [0.5, 0.6) is 5.75 Å². The summed E-state index contributed by atoms with van der Waals surface area (Å²) in [5, 5.41) is 9.52. The van der Waals surface area contributed by atoms with Gasteiger partial charge in [-0.15, -0.1) is 0 Å². The fourth-order valence-corrected chi connectivity index (χ4v) is 2.64. The number of hydrogen-bond donors (Lipinski definition) is 1. The third-order valence-electron chi connectivity index (χ3n) is 3.46. The van der Waals surface area contributed by atoms with Crippen LogP contribution in [0.4, 0.5) is 0 Å². The fraction of sp³-hybridized carbons (Fsp3) is 0.467. The van der Waals surface area contributed by atoms with Gasteiger partial charge in [-0.25, -0.2) is 4.79 Å². The number of benzene rings is 1. The Morgan fingerprint density at radius 2 is 2.05 bits per heavy atom. The van der Waals surface area contributed by atoms with E-state index in [1.165, 1.54) is 11.8 Å². The average molecular weight is 277 g/mol. The molecule has 1 amide bonds. The van der Waals surface area contributed by atoms with Crippen molar-refractivity contribution in [1.82, 2.24) is 4.90 Å². The molecule has 1 aromatic carbocycles. The van der Waals surface area contributed by atoms with Gasteiger partial charge in [0, 0.05) is 19.4 Å². The van der Waals surface area contributed by atoms with E-state index < -0.39 is 12.0 Å². The normalized spacial score (nSPS) is 14.6. The Morgan fingerprint density at radius 1 is 1.35 bits per heavy atom. The maximum absolute atomic E-state index is 11.8. The van der Waals surface area contributed by atoms with Crippen LogP contribution in [0.1, 0.15) is 37.9 Å². The summed E-state index contributed by atoms with van der Waals surface area (Å²) in [4.78, 5) is 24.8. The highest BCUT2D eigenvalue weighted by atomic mass is 16.5. The quantitative estimate of drug-likeness (QED) is 0.914. The predicted molar refractivity (Wildman–Crippen MR) is 73.7 cm³/mol. The van der Waals surface area contributed by atoms with Crippen LogP contribution >= 0.6 is 0 Å². The summed E-state index contributed by atoms with van der Waals surface area (Å²) >= 11 is 0. The third-order valence-corrected chi connectivity index (χ3v) is 3.46. The number of ether oxygens (including phenoxy) is 1. The lowest BCUT2D eigenvalue weighted by atomic mass is 10.00. The SMILES string of the molecule is CC(=O)N(C(C)C)C(C(=O)O)c1ccc2c(c1)CCO2. The molecule has 20 heavy (non-hydrogen) atoms. The van der Waals surface area contributed by atoms with E-state index in [9.17, 15) is 14.7 Å².